The normalized spacial score (nSPS) is 20.6. The molecule has 1 heterocycles. The van der Waals surface area contributed by atoms with Crippen molar-refractivity contribution in [3.63, 3.8) is 0 Å². The molecule has 5 rings (SSSR count). The van der Waals surface area contributed by atoms with Crippen LogP contribution in [0.3, 0.4) is 0 Å². The van der Waals surface area contributed by atoms with Crippen molar-refractivity contribution in [3.05, 3.63) is 79.6 Å². The zero-order valence-electron chi connectivity index (χ0n) is 22.5. The molecule has 0 fully saturated rings. The first-order valence-electron chi connectivity index (χ1n) is 12.9. The average Bonchev–Trinajstić information content (AvgIpc) is 2.80. The SMILES string of the molecule is COc1cc(C2C3=C(CC(C)(C)CC3=O)NC3=C2C(=O)CC(C)(C)C3)cc(Cl)c1OCc1ccccc1Br. The third kappa shape index (κ3) is 5.05. The van der Waals surface area contributed by atoms with Crippen LogP contribution in [-0.2, 0) is 16.2 Å². The van der Waals surface area contributed by atoms with Gasteiger partial charge in [0.05, 0.1) is 12.1 Å². The van der Waals surface area contributed by atoms with E-state index < -0.39 is 5.92 Å². The highest BCUT2D eigenvalue weighted by Gasteiger charge is 2.46. The van der Waals surface area contributed by atoms with Crippen molar-refractivity contribution in [2.45, 2.75) is 65.9 Å². The first-order valence-corrected chi connectivity index (χ1v) is 14.1. The Bertz CT molecular complexity index is 1350. The Balaban J connectivity index is 1.60. The monoisotopic (exact) mass is 597 g/mol. The lowest BCUT2D eigenvalue weighted by Crippen LogP contribution is -2.42. The fourth-order valence-corrected chi connectivity index (χ4v) is 6.71. The van der Waals surface area contributed by atoms with Crippen LogP contribution in [0.25, 0.3) is 0 Å². The lowest BCUT2D eigenvalue weighted by molar-refractivity contribution is -0.119. The number of nitrogens with one attached hydrogen (secondary N) is 1. The molecule has 0 aromatic heterocycles. The van der Waals surface area contributed by atoms with Gasteiger partial charge >= 0.3 is 0 Å². The van der Waals surface area contributed by atoms with Gasteiger partial charge in [-0.05, 0) is 47.4 Å². The van der Waals surface area contributed by atoms with Crippen molar-refractivity contribution in [1.82, 2.24) is 5.32 Å². The Labute approximate surface area is 237 Å². The maximum atomic E-state index is 13.6. The number of hydrogen-bond donors (Lipinski definition) is 1. The number of ketones is 2. The molecule has 1 aliphatic heterocycles. The minimum absolute atomic E-state index is 0.0716. The predicted octanol–water partition coefficient (Wildman–Crippen LogP) is 7.66. The maximum absolute atomic E-state index is 13.6. The topological polar surface area (TPSA) is 64.6 Å². The van der Waals surface area contributed by atoms with Crippen LogP contribution in [0.1, 0.15) is 70.4 Å². The van der Waals surface area contributed by atoms with Gasteiger partial charge in [-0.1, -0.05) is 73.4 Å². The van der Waals surface area contributed by atoms with Crippen LogP contribution in [0.15, 0.2) is 63.4 Å². The lowest BCUT2D eigenvalue weighted by atomic mass is 9.64. The molecule has 1 N–H and O–H groups in total. The number of carbonyl (C=O) groups is 2. The Hall–Kier alpha value is -2.57. The first kappa shape index (κ1) is 27.0. The van der Waals surface area contributed by atoms with Gasteiger partial charge in [-0.25, -0.2) is 0 Å². The molecule has 3 aliphatic rings. The molecule has 7 heteroatoms. The molecule has 0 atom stereocenters. The van der Waals surface area contributed by atoms with E-state index in [1.54, 1.807) is 7.11 Å². The molecular formula is C31H33BrClNO4. The number of rotatable bonds is 5. The van der Waals surface area contributed by atoms with Crippen LogP contribution in [0.5, 0.6) is 11.5 Å². The zero-order valence-corrected chi connectivity index (χ0v) is 24.8. The standard InChI is InChI=1S/C31H33BrClNO4/c1-30(2)12-21-27(23(35)14-30)26(28-22(34-21)13-31(3,4)15-24(28)36)18-10-20(33)29(25(11-18)37-5)38-16-17-8-6-7-9-19(17)32/h6-11,26,34H,12-16H2,1-5H3. The summed E-state index contributed by atoms with van der Waals surface area (Å²) >= 11 is 10.4. The summed E-state index contributed by atoms with van der Waals surface area (Å²) in [5, 5.41) is 3.93. The van der Waals surface area contributed by atoms with Gasteiger partial charge in [-0.15, -0.1) is 0 Å². The summed E-state index contributed by atoms with van der Waals surface area (Å²) in [7, 11) is 1.57. The van der Waals surface area contributed by atoms with Crippen molar-refractivity contribution >= 4 is 39.1 Å². The van der Waals surface area contributed by atoms with Crippen LogP contribution < -0.4 is 14.8 Å². The Morgan fingerprint density at radius 2 is 1.53 bits per heavy atom. The summed E-state index contributed by atoms with van der Waals surface area (Å²) < 4.78 is 12.8. The minimum Gasteiger partial charge on any atom is -0.493 e. The summed E-state index contributed by atoms with van der Waals surface area (Å²) in [5.74, 6) is 0.550. The molecule has 5 nitrogen and oxygen atoms in total. The van der Waals surface area contributed by atoms with Crippen molar-refractivity contribution in [2.75, 3.05) is 7.11 Å². The highest BCUT2D eigenvalue weighted by atomic mass is 79.9. The number of halogens is 2. The van der Waals surface area contributed by atoms with Crippen molar-refractivity contribution in [1.29, 1.82) is 0 Å². The molecule has 0 spiro atoms. The number of dihydropyridines is 1. The van der Waals surface area contributed by atoms with Gasteiger partial charge in [0.15, 0.2) is 23.1 Å². The minimum atomic E-state index is -0.489. The van der Waals surface area contributed by atoms with Crippen molar-refractivity contribution < 1.29 is 19.1 Å². The zero-order chi connectivity index (χ0) is 27.4. The number of hydrogen-bond acceptors (Lipinski definition) is 5. The van der Waals surface area contributed by atoms with E-state index in [4.69, 9.17) is 21.1 Å². The summed E-state index contributed by atoms with van der Waals surface area (Å²) in [4.78, 5) is 27.2. The van der Waals surface area contributed by atoms with E-state index in [1.807, 2.05) is 36.4 Å². The molecule has 0 saturated heterocycles. The predicted molar refractivity (Wildman–Crippen MR) is 152 cm³/mol. The Morgan fingerprint density at radius 1 is 0.947 bits per heavy atom. The van der Waals surface area contributed by atoms with Crippen LogP contribution in [-0.4, -0.2) is 18.7 Å². The molecular weight excluding hydrogens is 566 g/mol. The second-order valence-corrected chi connectivity index (χ2v) is 13.4. The molecule has 200 valence electrons. The van der Waals surface area contributed by atoms with E-state index in [9.17, 15) is 9.59 Å². The first-order chi connectivity index (χ1) is 17.9. The highest BCUT2D eigenvalue weighted by Crippen LogP contribution is 2.52. The van der Waals surface area contributed by atoms with Crippen LogP contribution in [0.2, 0.25) is 5.02 Å². The van der Waals surface area contributed by atoms with Crippen molar-refractivity contribution in [3.8, 4) is 11.5 Å². The molecule has 38 heavy (non-hydrogen) atoms. The molecule has 0 saturated carbocycles. The Kier molecular flexibility index (Phi) is 7.02. The highest BCUT2D eigenvalue weighted by molar-refractivity contribution is 9.10. The van der Waals surface area contributed by atoms with Gasteiger partial charge in [0.25, 0.3) is 0 Å². The molecule has 2 aromatic rings. The summed E-state index contributed by atoms with van der Waals surface area (Å²) in [6, 6.07) is 11.5. The number of ether oxygens (including phenoxy) is 2. The van der Waals surface area contributed by atoms with Gasteiger partial charge in [-0.2, -0.15) is 0 Å². The third-order valence-electron chi connectivity index (χ3n) is 7.63. The summed E-state index contributed by atoms with van der Waals surface area (Å²) in [6.45, 7) is 8.76. The number of carbonyl (C=O) groups excluding carboxylic acids is 2. The molecule has 0 bridgehead atoms. The molecule has 0 radical (unpaired) electrons. The molecule has 0 amide bonds. The smallest absolute Gasteiger partial charge is 0.180 e. The van der Waals surface area contributed by atoms with Crippen molar-refractivity contribution in [2.24, 2.45) is 10.8 Å². The van der Waals surface area contributed by atoms with E-state index in [-0.39, 0.29) is 22.4 Å². The average molecular weight is 599 g/mol. The second kappa shape index (κ2) is 9.87. The van der Waals surface area contributed by atoms with E-state index in [1.165, 1.54) is 0 Å². The maximum Gasteiger partial charge on any atom is 0.180 e. The molecule has 2 aromatic carbocycles. The quantitative estimate of drug-likeness (QED) is 0.383. The fourth-order valence-electron chi connectivity index (χ4n) is 6.03. The summed E-state index contributed by atoms with van der Waals surface area (Å²) in [5.41, 5.74) is 4.63. The van der Waals surface area contributed by atoms with E-state index in [2.05, 4.69) is 48.9 Å². The van der Waals surface area contributed by atoms with Gasteiger partial charge in [0.1, 0.15) is 6.61 Å². The van der Waals surface area contributed by atoms with E-state index in [0.29, 0.717) is 47.1 Å². The lowest BCUT2D eigenvalue weighted by Gasteiger charge is -2.44. The van der Waals surface area contributed by atoms with Gasteiger partial charge in [-0.3, -0.25) is 9.59 Å². The number of Topliss-reactive ketones (excluding diaryl/α,β-unsaturated/α-hetero) is 2. The molecule has 0 unspecified atom stereocenters. The second-order valence-electron chi connectivity index (χ2n) is 12.1. The van der Waals surface area contributed by atoms with Crippen LogP contribution in [0.4, 0.5) is 0 Å². The largest absolute Gasteiger partial charge is 0.493 e. The van der Waals surface area contributed by atoms with Gasteiger partial charge < -0.3 is 14.8 Å². The van der Waals surface area contributed by atoms with Gasteiger partial charge in [0.2, 0.25) is 0 Å². The van der Waals surface area contributed by atoms with Gasteiger partial charge in [0, 0.05) is 51.3 Å². The third-order valence-corrected chi connectivity index (χ3v) is 8.69. The Morgan fingerprint density at radius 3 is 2.08 bits per heavy atom. The van der Waals surface area contributed by atoms with Crippen LogP contribution >= 0.6 is 27.5 Å². The van der Waals surface area contributed by atoms with E-state index in [0.717, 1.165) is 39.8 Å². The van der Waals surface area contributed by atoms with Crippen LogP contribution in [0, 0.1) is 10.8 Å². The number of methoxy groups -OCH3 is 1. The number of allylic oxidation sites excluding steroid dienone is 4. The molecule has 2 aliphatic carbocycles. The fraction of sp³-hybridized carbons (Fsp3) is 0.419. The number of benzene rings is 2. The van der Waals surface area contributed by atoms with E-state index >= 15 is 0 Å². The summed E-state index contributed by atoms with van der Waals surface area (Å²) in [6.07, 6.45) is 2.36.